The predicted molar refractivity (Wildman–Crippen MR) is 76.5 cm³/mol. The predicted octanol–water partition coefficient (Wildman–Crippen LogP) is -3.30. The van der Waals surface area contributed by atoms with Gasteiger partial charge in [-0.05, 0) is 0 Å². The fourth-order valence-electron chi connectivity index (χ4n) is 0.354. The summed E-state index contributed by atoms with van der Waals surface area (Å²) in [6, 6.07) is 0. The summed E-state index contributed by atoms with van der Waals surface area (Å²) < 4.78 is 0. The van der Waals surface area contributed by atoms with Gasteiger partial charge in [-0.25, -0.2) is 0 Å². The SMILES string of the molecule is CCCCC.[Cu].[SnH2].[SnH2].[SnH2].[SnH2].[SnH2].[SnH2]. The van der Waals surface area contributed by atoms with Crippen LogP contribution in [0.2, 0.25) is 0 Å². The molecule has 7 heteroatoms. The fourth-order valence-corrected chi connectivity index (χ4v) is 0.354. The second-order valence-corrected chi connectivity index (χ2v) is 1.35. The van der Waals surface area contributed by atoms with Crippen molar-refractivity contribution in [1.29, 1.82) is 0 Å². The quantitative estimate of drug-likeness (QED) is 0.256. The van der Waals surface area contributed by atoms with Gasteiger partial charge in [-0.1, -0.05) is 33.1 Å². The number of hydrogen-bond acceptors (Lipinski definition) is 0. The maximum atomic E-state index is 2.21. The van der Waals surface area contributed by atoms with Crippen LogP contribution >= 0.6 is 0 Å². The molecule has 0 aromatic rings. The summed E-state index contributed by atoms with van der Waals surface area (Å²) in [7, 11) is 0. The van der Waals surface area contributed by atoms with Gasteiger partial charge in [0.1, 0.15) is 0 Å². The van der Waals surface area contributed by atoms with E-state index in [0.29, 0.717) is 0 Å². The van der Waals surface area contributed by atoms with E-state index in [1.54, 1.807) is 0 Å². The summed E-state index contributed by atoms with van der Waals surface area (Å²) in [4.78, 5) is 0. The molecule has 0 aliphatic heterocycles. The van der Waals surface area contributed by atoms with Crippen molar-refractivity contribution in [3.63, 3.8) is 0 Å². The third kappa shape index (κ3) is 58.7. The normalized spacial score (nSPS) is 3.50. The van der Waals surface area contributed by atoms with Crippen molar-refractivity contribution >= 4 is 143 Å². The summed E-state index contributed by atoms with van der Waals surface area (Å²) in [5, 5.41) is 0. The molecule has 0 saturated heterocycles. The van der Waals surface area contributed by atoms with Crippen LogP contribution in [0.5, 0.6) is 0 Å². The molecule has 0 aliphatic rings. The monoisotopic (exact) mass is 867 g/mol. The van der Waals surface area contributed by atoms with Gasteiger partial charge in [0.05, 0.1) is 0 Å². The Balaban J connectivity index is -0.00000000381. The Bertz CT molecular complexity index is 23.4. The summed E-state index contributed by atoms with van der Waals surface area (Å²) in [5.41, 5.74) is 0. The van der Waals surface area contributed by atoms with Gasteiger partial charge in [0.15, 0.2) is 0 Å². The van der Waals surface area contributed by atoms with Gasteiger partial charge >= 0.3 is 143 Å². The third-order valence-electron chi connectivity index (χ3n) is 0.707. The van der Waals surface area contributed by atoms with Crippen LogP contribution in [0.15, 0.2) is 0 Å². The molecule has 13 radical (unpaired) electrons. The van der Waals surface area contributed by atoms with Crippen molar-refractivity contribution in [3.05, 3.63) is 0 Å². The van der Waals surface area contributed by atoms with Crippen LogP contribution in [0, 0.1) is 0 Å². The molecule has 0 atom stereocenters. The molecule has 12 heavy (non-hydrogen) atoms. The number of rotatable bonds is 2. The first-order valence-electron chi connectivity index (χ1n) is 2.41. The molecule has 0 spiro atoms. The topological polar surface area (TPSA) is 0 Å². The Labute approximate surface area is 189 Å². The first-order chi connectivity index (χ1) is 2.41. The Morgan fingerprint density at radius 3 is 0.750 bits per heavy atom. The molecular formula is C5H24CuSn6. The first kappa shape index (κ1) is 53.1. The van der Waals surface area contributed by atoms with Crippen molar-refractivity contribution < 1.29 is 17.1 Å². The fraction of sp³-hybridized carbons (Fsp3) is 1.00. The van der Waals surface area contributed by atoms with E-state index in [4.69, 9.17) is 0 Å². The Morgan fingerprint density at radius 2 is 0.750 bits per heavy atom. The summed E-state index contributed by atoms with van der Waals surface area (Å²) in [6.07, 6.45) is 4.08. The van der Waals surface area contributed by atoms with E-state index >= 15 is 0 Å². The Kier molecular flexibility index (Phi) is 245. The maximum absolute atomic E-state index is 2.21. The van der Waals surface area contributed by atoms with E-state index < -0.39 is 0 Å². The van der Waals surface area contributed by atoms with Gasteiger partial charge < -0.3 is 0 Å². The number of hydrogen-bond donors (Lipinski definition) is 0. The Morgan fingerprint density at radius 1 is 0.583 bits per heavy atom. The minimum atomic E-state index is 0. The molecule has 0 saturated carbocycles. The Hall–Kier alpha value is 5.31. The van der Waals surface area contributed by atoms with Crippen LogP contribution in [0.4, 0.5) is 0 Å². The molecule has 0 aromatic carbocycles. The van der Waals surface area contributed by atoms with Gasteiger partial charge in [-0.2, -0.15) is 0 Å². The molecule has 0 aromatic heterocycles. The first-order valence-corrected chi connectivity index (χ1v) is 2.41. The molecule has 0 amide bonds. The summed E-state index contributed by atoms with van der Waals surface area (Å²) in [6.45, 7) is 4.42. The molecule has 0 nitrogen and oxygen atoms in total. The van der Waals surface area contributed by atoms with Crippen molar-refractivity contribution in [3.8, 4) is 0 Å². The van der Waals surface area contributed by atoms with E-state index in [1.807, 2.05) is 0 Å². The summed E-state index contributed by atoms with van der Waals surface area (Å²) >= 11 is 0. The van der Waals surface area contributed by atoms with Crippen LogP contribution in [0.25, 0.3) is 0 Å². The number of unbranched alkanes of at least 4 members (excludes halogenated alkanes) is 2. The molecule has 0 aliphatic carbocycles. The van der Waals surface area contributed by atoms with E-state index in [0.717, 1.165) is 0 Å². The van der Waals surface area contributed by atoms with Crippen LogP contribution in [0.3, 0.4) is 0 Å². The van der Waals surface area contributed by atoms with Crippen molar-refractivity contribution in [2.45, 2.75) is 33.1 Å². The van der Waals surface area contributed by atoms with E-state index in [-0.39, 0.29) is 161 Å². The van der Waals surface area contributed by atoms with Crippen LogP contribution in [-0.4, -0.2) is 143 Å². The standard InChI is InChI=1S/C5H12.Cu.6Sn.12H/c1-3-5-4-2;;;;;;;;;;;;;;;;;;;/h3-5H2,1-2H3;;;;;;;;;;;;;;;;;;;. The molecule has 79 valence electrons. The second-order valence-electron chi connectivity index (χ2n) is 1.35. The molecule has 0 fully saturated rings. The third-order valence-corrected chi connectivity index (χ3v) is 0.707. The van der Waals surface area contributed by atoms with Crippen molar-refractivity contribution in [2.24, 2.45) is 0 Å². The van der Waals surface area contributed by atoms with E-state index in [1.165, 1.54) is 19.3 Å². The van der Waals surface area contributed by atoms with Gasteiger partial charge in [-0.3, -0.25) is 0 Å². The molecule has 0 heterocycles. The molecule has 0 N–H and O–H groups in total. The summed E-state index contributed by atoms with van der Waals surface area (Å²) in [5.74, 6) is 0. The van der Waals surface area contributed by atoms with Crippen LogP contribution < -0.4 is 0 Å². The van der Waals surface area contributed by atoms with E-state index in [2.05, 4.69) is 13.8 Å². The van der Waals surface area contributed by atoms with E-state index in [9.17, 15) is 0 Å². The van der Waals surface area contributed by atoms with Gasteiger partial charge in [0.2, 0.25) is 0 Å². The van der Waals surface area contributed by atoms with Crippen LogP contribution in [-0.2, 0) is 17.1 Å². The van der Waals surface area contributed by atoms with Crippen LogP contribution in [0.1, 0.15) is 33.1 Å². The van der Waals surface area contributed by atoms with Crippen molar-refractivity contribution in [1.82, 2.24) is 0 Å². The second kappa shape index (κ2) is 55.4. The van der Waals surface area contributed by atoms with Gasteiger partial charge in [-0.15, -0.1) is 0 Å². The van der Waals surface area contributed by atoms with Crippen molar-refractivity contribution in [2.75, 3.05) is 0 Å². The average Bonchev–Trinajstić information content (AvgIpc) is 1.41. The average molecular weight is 860 g/mol. The zero-order valence-electron chi connectivity index (χ0n) is 8.67. The van der Waals surface area contributed by atoms with Gasteiger partial charge in [0.25, 0.3) is 0 Å². The minimum absolute atomic E-state index is 0. The molecule has 0 unspecified atom stereocenters. The molecular weight excluding hydrogens is 836 g/mol. The zero-order valence-corrected chi connectivity index (χ0v) is 33.8. The van der Waals surface area contributed by atoms with Gasteiger partial charge in [0, 0.05) is 17.1 Å². The molecule has 0 bridgehead atoms. The molecule has 0 rings (SSSR count). The zero-order chi connectivity index (χ0) is 4.12.